The van der Waals surface area contributed by atoms with Crippen molar-refractivity contribution in [1.29, 1.82) is 0 Å². The Bertz CT molecular complexity index is 406. The third kappa shape index (κ3) is 4.11. The quantitative estimate of drug-likeness (QED) is 0.816. The van der Waals surface area contributed by atoms with E-state index < -0.39 is 0 Å². The summed E-state index contributed by atoms with van der Waals surface area (Å²) >= 11 is 0. The fourth-order valence-electron chi connectivity index (χ4n) is 2.33. The lowest BCUT2D eigenvalue weighted by atomic mass is 10.1. The molecule has 0 radical (unpaired) electrons. The van der Waals surface area contributed by atoms with Gasteiger partial charge in [-0.3, -0.25) is 4.90 Å². The Labute approximate surface area is 115 Å². The van der Waals surface area contributed by atoms with Gasteiger partial charge in [-0.2, -0.15) is 0 Å². The van der Waals surface area contributed by atoms with Crippen LogP contribution in [0.2, 0.25) is 0 Å². The number of nitrogens with zero attached hydrogens (tertiary/aromatic N) is 1. The van der Waals surface area contributed by atoms with Crippen molar-refractivity contribution in [2.75, 3.05) is 40.0 Å². The lowest BCUT2D eigenvalue weighted by Gasteiger charge is -2.38. The van der Waals surface area contributed by atoms with Gasteiger partial charge >= 0.3 is 0 Å². The summed E-state index contributed by atoms with van der Waals surface area (Å²) in [4.78, 5) is 2.37. The summed E-state index contributed by atoms with van der Waals surface area (Å²) < 4.78 is 16.7. The van der Waals surface area contributed by atoms with Gasteiger partial charge in [0.25, 0.3) is 0 Å². The van der Waals surface area contributed by atoms with Gasteiger partial charge in [-0.1, -0.05) is 12.1 Å². The van der Waals surface area contributed by atoms with E-state index in [0.29, 0.717) is 6.61 Å². The highest BCUT2D eigenvalue weighted by molar-refractivity contribution is 5.39. The van der Waals surface area contributed by atoms with E-state index >= 15 is 0 Å². The van der Waals surface area contributed by atoms with Gasteiger partial charge in [-0.25, -0.2) is 0 Å². The highest BCUT2D eigenvalue weighted by atomic mass is 16.5. The first-order valence-corrected chi connectivity index (χ1v) is 6.73. The number of methoxy groups -OCH3 is 1. The van der Waals surface area contributed by atoms with Gasteiger partial charge in [-0.05, 0) is 26.0 Å². The first kappa shape index (κ1) is 14.2. The Morgan fingerprint density at radius 1 is 1.26 bits per heavy atom. The second kappa shape index (κ2) is 6.26. The van der Waals surface area contributed by atoms with Gasteiger partial charge in [0.05, 0.1) is 19.3 Å². The number of hydrogen-bond donors (Lipinski definition) is 0. The van der Waals surface area contributed by atoms with Crippen LogP contribution in [0.3, 0.4) is 0 Å². The summed E-state index contributed by atoms with van der Waals surface area (Å²) in [5, 5.41) is 0. The molecule has 4 nitrogen and oxygen atoms in total. The molecule has 0 amide bonds. The lowest BCUT2D eigenvalue weighted by Crippen LogP contribution is -2.49. The number of benzene rings is 1. The Morgan fingerprint density at radius 2 is 2.00 bits per heavy atom. The van der Waals surface area contributed by atoms with Crippen LogP contribution in [0.5, 0.6) is 11.5 Å². The normalized spacial score (nSPS) is 19.1. The molecule has 19 heavy (non-hydrogen) atoms. The number of rotatable bonds is 5. The Balaban J connectivity index is 1.80. The highest BCUT2D eigenvalue weighted by Gasteiger charge is 2.26. The minimum absolute atomic E-state index is 0.0529. The van der Waals surface area contributed by atoms with Crippen LogP contribution in [0.15, 0.2) is 24.3 Å². The summed E-state index contributed by atoms with van der Waals surface area (Å²) in [6.45, 7) is 8.53. The molecule has 2 rings (SSSR count). The SMILES string of the molecule is COc1ccccc1OCCN1CCOC(C)(C)C1. The number of hydrogen-bond acceptors (Lipinski definition) is 4. The first-order chi connectivity index (χ1) is 9.11. The summed E-state index contributed by atoms with van der Waals surface area (Å²) in [5.74, 6) is 1.59. The van der Waals surface area contributed by atoms with Crippen molar-refractivity contribution in [2.45, 2.75) is 19.4 Å². The molecule has 0 atom stereocenters. The second-order valence-corrected chi connectivity index (χ2v) is 5.38. The molecule has 0 spiro atoms. The van der Waals surface area contributed by atoms with Crippen molar-refractivity contribution < 1.29 is 14.2 Å². The van der Waals surface area contributed by atoms with Crippen molar-refractivity contribution in [3.8, 4) is 11.5 Å². The summed E-state index contributed by atoms with van der Waals surface area (Å²) in [5.41, 5.74) is -0.0529. The molecule has 0 saturated carbocycles. The van der Waals surface area contributed by atoms with Crippen molar-refractivity contribution in [2.24, 2.45) is 0 Å². The van der Waals surface area contributed by atoms with Gasteiger partial charge in [0.15, 0.2) is 11.5 Å². The Hall–Kier alpha value is -1.26. The maximum atomic E-state index is 5.79. The molecular formula is C15H23NO3. The molecule has 1 aliphatic heterocycles. The topological polar surface area (TPSA) is 30.9 Å². The Morgan fingerprint density at radius 3 is 2.68 bits per heavy atom. The van der Waals surface area contributed by atoms with Crippen LogP contribution in [0, 0.1) is 0 Å². The smallest absolute Gasteiger partial charge is 0.161 e. The predicted octanol–water partition coefficient (Wildman–Crippen LogP) is 2.18. The van der Waals surface area contributed by atoms with E-state index in [1.807, 2.05) is 24.3 Å². The molecule has 106 valence electrons. The molecule has 0 aromatic heterocycles. The zero-order valence-electron chi connectivity index (χ0n) is 12.0. The van der Waals surface area contributed by atoms with E-state index in [1.54, 1.807) is 7.11 Å². The van der Waals surface area contributed by atoms with Crippen LogP contribution in [-0.4, -0.2) is 50.5 Å². The van der Waals surface area contributed by atoms with Gasteiger partial charge in [-0.15, -0.1) is 0 Å². The average molecular weight is 265 g/mol. The van der Waals surface area contributed by atoms with E-state index in [1.165, 1.54) is 0 Å². The second-order valence-electron chi connectivity index (χ2n) is 5.38. The van der Waals surface area contributed by atoms with Crippen LogP contribution in [0.1, 0.15) is 13.8 Å². The summed E-state index contributed by atoms with van der Waals surface area (Å²) in [7, 11) is 1.66. The van der Waals surface area contributed by atoms with E-state index in [4.69, 9.17) is 14.2 Å². The van der Waals surface area contributed by atoms with Crippen LogP contribution in [0.4, 0.5) is 0 Å². The number of morpholine rings is 1. The fourth-order valence-corrected chi connectivity index (χ4v) is 2.33. The standard InChI is InChI=1S/C15H23NO3/c1-15(2)12-16(9-11-19-15)8-10-18-14-7-5-4-6-13(14)17-3/h4-7H,8-12H2,1-3H3. The molecule has 1 aliphatic rings. The number of ether oxygens (including phenoxy) is 3. The number of para-hydroxylation sites is 2. The molecule has 0 bridgehead atoms. The van der Waals surface area contributed by atoms with Crippen molar-refractivity contribution in [1.82, 2.24) is 4.90 Å². The first-order valence-electron chi connectivity index (χ1n) is 6.73. The third-order valence-electron chi connectivity index (χ3n) is 3.24. The minimum atomic E-state index is -0.0529. The van der Waals surface area contributed by atoms with Gasteiger partial charge in [0, 0.05) is 19.6 Å². The van der Waals surface area contributed by atoms with Crippen LogP contribution >= 0.6 is 0 Å². The molecule has 1 fully saturated rings. The van der Waals surface area contributed by atoms with Gasteiger partial charge in [0.2, 0.25) is 0 Å². The molecule has 1 aromatic carbocycles. The van der Waals surface area contributed by atoms with E-state index in [0.717, 1.165) is 37.7 Å². The van der Waals surface area contributed by atoms with E-state index in [9.17, 15) is 0 Å². The Kier molecular flexibility index (Phi) is 4.66. The molecule has 1 saturated heterocycles. The summed E-state index contributed by atoms with van der Waals surface area (Å²) in [6, 6.07) is 7.74. The highest BCUT2D eigenvalue weighted by Crippen LogP contribution is 2.25. The summed E-state index contributed by atoms with van der Waals surface area (Å²) in [6.07, 6.45) is 0. The molecular weight excluding hydrogens is 242 g/mol. The van der Waals surface area contributed by atoms with E-state index in [2.05, 4.69) is 18.7 Å². The van der Waals surface area contributed by atoms with Crippen LogP contribution in [0.25, 0.3) is 0 Å². The predicted molar refractivity (Wildman–Crippen MR) is 75.0 cm³/mol. The van der Waals surface area contributed by atoms with Crippen molar-refractivity contribution in [3.05, 3.63) is 24.3 Å². The zero-order chi connectivity index (χ0) is 13.7. The third-order valence-corrected chi connectivity index (χ3v) is 3.24. The monoisotopic (exact) mass is 265 g/mol. The molecule has 0 N–H and O–H groups in total. The maximum absolute atomic E-state index is 5.79. The fraction of sp³-hybridized carbons (Fsp3) is 0.600. The van der Waals surface area contributed by atoms with Crippen LogP contribution < -0.4 is 9.47 Å². The van der Waals surface area contributed by atoms with Crippen molar-refractivity contribution in [3.63, 3.8) is 0 Å². The van der Waals surface area contributed by atoms with Crippen molar-refractivity contribution >= 4 is 0 Å². The molecule has 0 aliphatic carbocycles. The maximum Gasteiger partial charge on any atom is 0.161 e. The van der Waals surface area contributed by atoms with E-state index in [-0.39, 0.29) is 5.60 Å². The molecule has 4 heteroatoms. The minimum Gasteiger partial charge on any atom is -0.493 e. The average Bonchev–Trinajstić information content (AvgIpc) is 2.38. The lowest BCUT2D eigenvalue weighted by molar-refractivity contribution is -0.0876. The molecule has 1 aromatic rings. The van der Waals surface area contributed by atoms with Crippen LogP contribution in [-0.2, 0) is 4.74 Å². The zero-order valence-corrected chi connectivity index (χ0v) is 12.0. The molecule has 0 unspecified atom stereocenters. The largest absolute Gasteiger partial charge is 0.493 e. The van der Waals surface area contributed by atoms with Gasteiger partial charge in [0.1, 0.15) is 6.61 Å². The van der Waals surface area contributed by atoms with Gasteiger partial charge < -0.3 is 14.2 Å². The molecule has 1 heterocycles.